The predicted octanol–water partition coefficient (Wildman–Crippen LogP) is 1.34. The molecule has 5 nitrogen and oxygen atoms in total. The van der Waals surface area contributed by atoms with Gasteiger partial charge in [-0.1, -0.05) is 23.9 Å². The molecule has 0 bridgehead atoms. The first-order chi connectivity index (χ1) is 8.16. The maximum absolute atomic E-state index is 10.9. The van der Waals surface area contributed by atoms with E-state index in [1.807, 2.05) is 6.07 Å². The lowest BCUT2D eigenvalue weighted by atomic mass is 10.1. The Balaban J connectivity index is 2.18. The summed E-state index contributed by atoms with van der Waals surface area (Å²) in [6.07, 6.45) is 0. The topological polar surface area (TPSA) is 74.0 Å². The second kappa shape index (κ2) is 5.01. The molecular formula is C11H11N3O2S. The number of amidine groups is 1. The second-order valence-corrected chi connectivity index (χ2v) is 4.41. The largest absolute Gasteiger partial charge is 0.507 e. The number of phenolic OH excluding ortho intramolecular Hbond substituents is 1. The van der Waals surface area contributed by atoms with Crippen molar-refractivity contribution in [2.75, 3.05) is 5.75 Å². The lowest BCUT2D eigenvalue weighted by molar-refractivity contribution is -0.116. The summed E-state index contributed by atoms with van der Waals surface area (Å²) in [4.78, 5) is 10.9. The van der Waals surface area contributed by atoms with Crippen LogP contribution in [0.3, 0.4) is 0 Å². The van der Waals surface area contributed by atoms with E-state index in [4.69, 9.17) is 0 Å². The van der Waals surface area contributed by atoms with Crippen LogP contribution in [0, 0.1) is 0 Å². The summed E-state index contributed by atoms with van der Waals surface area (Å²) >= 11 is 1.31. The van der Waals surface area contributed by atoms with E-state index in [0.717, 1.165) is 0 Å². The van der Waals surface area contributed by atoms with Crippen LogP contribution in [0.15, 0.2) is 34.5 Å². The standard InChI is InChI=1S/C11H11N3O2S/c1-7(8-4-2-3-5-9(8)15)13-14-11-12-10(16)6-17-11/h2-5,15H,6H2,1H3,(H,12,14,16)/b13-7+. The number of benzene rings is 1. The van der Waals surface area contributed by atoms with Crippen LogP contribution in [-0.4, -0.2) is 27.6 Å². The third-order valence-corrected chi connectivity index (χ3v) is 3.03. The molecule has 0 aliphatic carbocycles. The minimum absolute atomic E-state index is 0.0656. The van der Waals surface area contributed by atoms with E-state index in [1.165, 1.54) is 11.8 Å². The lowest BCUT2D eigenvalue weighted by Crippen LogP contribution is -2.19. The summed E-state index contributed by atoms with van der Waals surface area (Å²) < 4.78 is 0. The zero-order valence-corrected chi connectivity index (χ0v) is 9.99. The number of carbonyl (C=O) groups is 1. The van der Waals surface area contributed by atoms with E-state index < -0.39 is 0 Å². The monoisotopic (exact) mass is 249 g/mol. The van der Waals surface area contributed by atoms with Crippen molar-refractivity contribution < 1.29 is 9.90 Å². The van der Waals surface area contributed by atoms with Crippen LogP contribution >= 0.6 is 11.8 Å². The van der Waals surface area contributed by atoms with E-state index in [0.29, 0.717) is 22.2 Å². The summed E-state index contributed by atoms with van der Waals surface area (Å²) in [5.41, 5.74) is 1.23. The van der Waals surface area contributed by atoms with Gasteiger partial charge in [-0.25, -0.2) is 0 Å². The van der Waals surface area contributed by atoms with Gasteiger partial charge in [0.05, 0.1) is 11.5 Å². The van der Waals surface area contributed by atoms with Gasteiger partial charge in [-0.15, -0.1) is 5.10 Å². The third-order valence-electron chi connectivity index (χ3n) is 2.17. The van der Waals surface area contributed by atoms with Gasteiger partial charge in [0.25, 0.3) is 0 Å². The van der Waals surface area contributed by atoms with E-state index in [-0.39, 0.29) is 11.7 Å². The molecule has 1 aliphatic heterocycles. The van der Waals surface area contributed by atoms with Crippen molar-refractivity contribution in [2.24, 2.45) is 10.2 Å². The number of phenols is 1. The zero-order chi connectivity index (χ0) is 12.3. The number of aromatic hydroxyl groups is 1. The zero-order valence-electron chi connectivity index (χ0n) is 9.17. The average molecular weight is 249 g/mol. The van der Waals surface area contributed by atoms with E-state index in [9.17, 15) is 9.90 Å². The predicted molar refractivity (Wildman–Crippen MR) is 68.4 cm³/mol. The number of nitrogens with one attached hydrogen (secondary N) is 1. The molecule has 6 heteroatoms. The van der Waals surface area contributed by atoms with Crippen LogP contribution in [0.1, 0.15) is 12.5 Å². The van der Waals surface area contributed by atoms with Gasteiger partial charge in [-0.05, 0) is 19.1 Å². The van der Waals surface area contributed by atoms with E-state index in [1.54, 1.807) is 25.1 Å². The molecule has 2 N–H and O–H groups in total. The van der Waals surface area contributed by atoms with Gasteiger partial charge < -0.3 is 10.4 Å². The number of para-hydroxylation sites is 1. The molecule has 1 heterocycles. The van der Waals surface area contributed by atoms with Gasteiger partial charge in [-0.2, -0.15) is 5.10 Å². The number of carbonyl (C=O) groups excluding carboxylic acids is 1. The number of amides is 1. The van der Waals surface area contributed by atoms with E-state index >= 15 is 0 Å². The Kier molecular flexibility index (Phi) is 3.43. The van der Waals surface area contributed by atoms with Crippen LogP contribution in [-0.2, 0) is 4.79 Å². The molecule has 1 aromatic rings. The van der Waals surface area contributed by atoms with Gasteiger partial charge in [0.2, 0.25) is 5.91 Å². The molecule has 1 aliphatic rings. The first-order valence-electron chi connectivity index (χ1n) is 5.00. The number of rotatable bonds is 2. The highest BCUT2D eigenvalue weighted by Gasteiger charge is 2.16. The number of nitrogens with zero attached hydrogens (tertiary/aromatic N) is 2. The molecule has 88 valence electrons. The fourth-order valence-corrected chi connectivity index (χ4v) is 1.96. The second-order valence-electron chi connectivity index (χ2n) is 3.44. The number of hydrogen-bond acceptors (Lipinski definition) is 5. The molecule has 1 aromatic carbocycles. The minimum atomic E-state index is -0.0656. The summed E-state index contributed by atoms with van der Waals surface area (Å²) in [7, 11) is 0. The Morgan fingerprint density at radius 2 is 2.24 bits per heavy atom. The quantitative estimate of drug-likeness (QED) is 0.613. The molecular weight excluding hydrogens is 238 g/mol. The van der Waals surface area contributed by atoms with Crippen LogP contribution in [0.2, 0.25) is 0 Å². The molecule has 1 fully saturated rings. The SMILES string of the molecule is C/C(=N\N=C1\NC(=O)CS1)c1ccccc1O. The maximum Gasteiger partial charge on any atom is 0.236 e. The molecule has 0 spiro atoms. The smallest absolute Gasteiger partial charge is 0.236 e. The Morgan fingerprint density at radius 3 is 2.88 bits per heavy atom. The molecule has 1 saturated heterocycles. The van der Waals surface area contributed by atoms with Gasteiger partial charge in [0, 0.05) is 5.56 Å². The lowest BCUT2D eigenvalue weighted by Gasteiger charge is -2.01. The fraction of sp³-hybridized carbons (Fsp3) is 0.182. The first-order valence-corrected chi connectivity index (χ1v) is 5.98. The summed E-state index contributed by atoms with van der Waals surface area (Å²) in [5, 5.41) is 20.6. The summed E-state index contributed by atoms with van der Waals surface area (Å²) in [5.74, 6) is 0.477. The minimum Gasteiger partial charge on any atom is -0.507 e. The Labute approximate surface area is 103 Å². The molecule has 0 aromatic heterocycles. The van der Waals surface area contributed by atoms with Gasteiger partial charge >= 0.3 is 0 Å². The first kappa shape index (κ1) is 11.7. The van der Waals surface area contributed by atoms with Crippen molar-refractivity contribution in [3.63, 3.8) is 0 Å². The molecule has 1 amide bonds. The van der Waals surface area contributed by atoms with Crippen LogP contribution in [0.4, 0.5) is 0 Å². The molecule has 0 saturated carbocycles. The molecule has 17 heavy (non-hydrogen) atoms. The van der Waals surface area contributed by atoms with Crippen LogP contribution in [0.25, 0.3) is 0 Å². The average Bonchev–Trinajstić information content (AvgIpc) is 2.73. The summed E-state index contributed by atoms with van der Waals surface area (Å²) in [6, 6.07) is 6.90. The highest BCUT2D eigenvalue weighted by atomic mass is 32.2. The van der Waals surface area contributed by atoms with Crippen molar-refractivity contribution >= 4 is 28.5 Å². The molecule has 0 atom stereocenters. The van der Waals surface area contributed by atoms with Crippen molar-refractivity contribution in [3.8, 4) is 5.75 Å². The van der Waals surface area contributed by atoms with Crippen molar-refractivity contribution in [2.45, 2.75) is 6.92 Å². The van der Waals surface area contributed by atoms with Crippen LogP contribution < -0.4 is 5.32 Å². The Morgan fingerprint density at radius 1 is 1.47 bits per heavy atom. The van der Waals surface area contributed by atoms with Gasteiger partial charge in [0.1, 0.15) is 5.75 Å². The van der Waals surface area contributed by atoms with Crippen LogP contribution in [0.5, 0.6) is 5.75 Å². The Hall–Kier alpha value is -1.82. The molecule has 0 radical (unpaired) electrons. The highest BCUT2D eigenvalue weighted by molar-refractivity contribution is 8.15. The van der Waals surface area contributed by atoms with Crippen molar-refractivity contribution in [3.05, 3.63) is 29.8 Å². The van der Waals surface area contributed by atoms with E-state index in [2.05, 4.69) is 15.5 Å². The summed E-state index contributed by atoms with van der Waals surface area (Å²) in [6.45, 7) is 1.75. The van der Waals surface area contributed by atoms with Crippen molar-refractivity contribution in [1.82, 2.24) is 5.32 Å². The normalized spacial score (nSPS) is 18.5. The number of hydrogen-bond donors (Lipinski definition) is 2. The van der Waals surface area contributed by atoms with Crippen molar-refractivity contribution in [1.29, 1.82) is 0 Å². The van der Waals surface area contributed by atoms with Gasteiger partial charge in [0.15, 0.2) is 5.17 Å². The molecule has 2 rings (SSSR count). The molecule has 0 unspecified atom stereocenters. The van der Waals surface area contributed by atoms with Gasteiger partial charge in [-0.3, -0.25) is 4.79 Å². The number of thioether (sulfide) groups is 1. The third kappa shape index (κ3) is 2.85. The fourth-order valence-electron chi connectivity index (χ4n) is 1.33. The Bertz CT molecular complexity index is 511. The maximum atomic E-state index is 10.9. The highest BCUT2D eigenvalue weighted by Crippen LogP contribution is 2.17.